The van der Waals surface area contributed by atoms with Gasteiger partial charge in [0.2, 0.25) is 0 Å². The van der Waals surface area contributed by atoms with Gasteiger partial charge in [0, 0.05) is 9.27 Å². The molecule has 0 aliphatic rings. The third kappa shape index (κ3) is 4.66. The Morgan fingerprint density at radius 1 is 1.37 bits per heavy atom. The Hall–Kier alpha value is -1.37. The van der Waals surface area contributed by atoms with E-state index in [1.54, 1.807) is 31.2 Å². The quantitative estimate of drug-likeness (QED) is 0.615. The van der Waals surface area contributed by atoms with Crippen molar-refractivity contribution in [2.45, 2.75) is 19.9 Å². The average Bonchev–Trinajstić information content (AvgIpc) is 2.36. The first-order valence-corrected chi connectivity index (χ1v) is 6.92. The van der Waals surface area contributed by atoms with Crippen molar-refractivity contribution in [3.05, 3.63) is 40.0 Å². The summed E-state index contributed by atoms with van der Waals surface area (Å²) >= 11 is 2.02. The first-order chi connectivity index (χ1) is 8.95. The van der Waals surface area contributed by atoms with Gasteiger partial charge in [0.25, 0.3) is 0 Å². The molecule has 1 aromatic carbocycles. The zero-order valence-corrected chi connectivity index (χ0v) is 13.1. The lowest BCUT2D eigenvalue weighted by Gasteiger charge is -2.16. The number of anilines is 1. The summed E-state index contributed by atoms with van der Waals surface area (Å²) in [5.74, 6) is -0.357. The molecule has 0 amide bonds. The highest BCUT2D eigenvalue weighted by atomic mass is 127. The Bertz CT molecular complexity index is 468. The number of carbonyl (C=O) groups is 2. The van der Waals surface area contributed by atoms with Gasteiger partial charge in [-0.3, -0.25) is 4.79 Å². The van der Waals surface area contributed by atoms with Crippen LogP contribution in [0.1, 0.15) is 24.2 Å². The second-order valence-corrected chi connectivity index (χ2v) is 5.32. The van der Waals surface area contributed by atoms with Crippen LogP contribution in [0.3, 0.4) is 0 Å². The van der Waals surface area contributed by atoms with Crippen LogP contribution in [-0.2, 0) is 9.53 Å². The van der Waals surface area contributed by atoms with E-state index in [0.29, 0.717) is 12.2 Å². The van der Waals surface area contributed by atoms with Crippen LogP contribution in [0.4, 0.5) is 5.69 Å². The molecule has 0 fully saturated rings. The van der Waals surface area contributed by atoms with Crippen LogP contribution in [0.25, 0.3) is 0 Å². The molecule has 1 aromatic rings. The van der Waals surface area contributed by atoms with Crippen LogP contribution >= 0.6 is 22.6 Å². The number of rotatable bonds is 6. The molecule has 0 spiro atoms. The Morgan fingerprint density at radius 2 is 1.95 bits per heavy atom. The predicted octanol–water partition coefficient (Wildman–Crippen LogP) is 3.18. The van der Waals surface area contributed by atoms with Gasteiger partial charge in [-0.05, 0) is 60.7 Å². The lowest BCUT2D eigenvalue weighted by molar-refractivity contribution is -0.116. The van der Waals surface area contributed by atoms with Crippen molar-refractivity contribution in [2.75, 3.05) is 11.9 Å². The number of carbonyl (C=O) groups excluding carboxylic acids is 2. The van der Waals surface area contributed by atoms with E-state index < -0.39 is 6.04 Å². The number of esters is 1. The zero-order chi connectivity index (χ0) is 14.4. The number of halogens is 1. The molecule has 1 rings (SSSR count). The summed E-state index contributed by atoms with van der Waals surface area (Å²) in [7, 11) is 0. The number of nitrogens with one attached hydrogen (secondary N) is 1. The van der Waals surface area contributed by atoms with E-state index in [1.807, 2.05) is 22.6 Å². The molecule has 1 N–H and O–H groups in total. The first-order valence-electron chi connectivity index (χ1n) is 5.84. The molecular weight excluding hydrogens is 357 g/mol. The molecule has 102 valence electrons. The molecule has 4 nitrogen and oxygen atoms in total. The van der Waals surface area contributed by atoms with Gasteiger partial charge in [-0.2, -0.15) is 0 Å². The maximum absolute atomic E-state index is 11.5. The summed E-state index contributed by atoms with van der Waals surface area (Å²) in [4.78, 5) is 22.9. The Kier molecular flexibility index (Phi) is 6.01. The van der Waals surface area contributed by atoms with E-state index in [1.165, 1.54) is 6.92 Å². The van der Waals surface area contributed by atoms with Crippen LogP contribution in [0.2, 0.25) is 0 Å². The molecule has 0 bridgehead atoms. The van der Waals surface area contributed by atoms with Crippen LogP contribution in [0, 0.1) is 0 Å². The largest absolute Gasteiger partial charge is 0.462 e. The van der Waals surface area contributed by atoms with Crippen molar-refractivity contribution >= 4 is 40.0 Å². The van der Waals surface area contributed by atoms with Gasteiger partial charge >= 0.3 is 5.97 Å². The third-order valence-corrected chi connectivity index (χ3v) is 3.05. The second-order valence-electron chi connectivity index (χ2n) is 3.93. The van der Waals surface area contributed by atoms with Crippen molar-refractivity contribution in [2.24, 2.45) is 0 Å². The smallest absolute Gasteiger partial charge is 0.338 e. The van der Waals surface area contributed by atoms with Crippen molar-refractivity contribution in [3.63, 3.8) is 0 Å². The number of benzene rings is 1. The molecule has 0 saturated carbocycles. The molecular formula is C14H16INO3. The van der Waals surface area contributed by atoms with E-state index in [4.69, 9.17) is 4.74 Å². The number of hydrogen-bond donors (Lipinski definition) is 1. The molecule has 1 unspecified atom stereocenters. The van der Waals surface area contributed by atoms with Gasteiger partial charge in [0.15, 0.2) is 5.78 Å². The zero-order valence-electron chi connectivity index (χ0n) is 10.9. The lowest BCUT2D eigenvalue weighted by atomic mass is 10.1. The molecule has 0 aliphatic carbocycles. The van der Waals surface area contributed by atoms with Crippen LogP contribution in [0.15, 0.2) is 34.4 Å². The van der Waals surface area contributed by atoms with Crippen molar-refractivity contribution < 1.29 is 14.3 Å². The van der Waals surface area contributed by atoms with E-state index >= 15 is 0 Å². The standard InChI is InChI=1S/C14H16INO3/c1-4-19-14(18)11-5-7-12(8-6-11)16-13(9(2)15)10(3)17/h5-8,13,16H,2,4H2,1,3H3. The molecule has 5 heteroatoms. The summed E-state index contributed by atoms with van der Waals surface area (Å²) in [6.07, 6.45) is 0. The summed E-state index contributed by atoms with van der Waals surface area (Å²) in [5.41, 5.74) is 1.24. The van der Waals surface area contributed by atoms with Gasteiger partial charge in [0.05, 0.1) is 12.2 Å². The van der Waals surface area contributed by atoms with E-state index in [2.05, 4.69) is 11.9 Å². The fourth-order valence-electron chi connectivity index (χ4n) is 1.48. The summed E-state index contributed by atoms with van der Waals surface area (Å²) in [6, 6.07) is 6.37. The molecule has 0 heterocycles. The van der Waals surface area contributed by atoms with E-state index in [-0.39, 0.29) is 11.8 Å². The van der Waals surface area contributed by atoms with Gasteiger partial charge in [-0.25, -0.2) is 4.79 Å². The highest BCUT2D eigenvalue weighted by Gasteiger charge is 2.15. The second kappa shape index (κ2) is 7.28. The molecule has 0 aliphatic heterocycles. The fraction of sp³-hybridized carbons (Fsp3) is 0.286. The maximum Gasteiger partial charge on any atom is 0.338 e. The van der Waals surface area contributed by atoms with Crippen molar-refractivity contribution in [1.29, 1.82) is 0 Å². The summed E-state index contributed by atoms with van der Waals surface area (Å²) in [5, 5.41) is 3.07. The number of ketones is 1. The molecule has 0 saturated heterocycles. The molecule has 0 aromatic heterocycles. The monoisotopic (exact) mass is 373 g/mol. The van der Waals surface area contributed by atoms with Gasteiger partial charge < -0.3 is 10.1 Å². The first kappa shape index (κ1) is 15.7. The van der Waals surface area contributed by atoms with Gasteiger partial charge in [-0.1, -0.05) is 6.58 Å². The number of ether oxygens (including phenoxy) is 1. The molecule has 1 atom stereocenters. The van der Waals surface area contributed by atoms with Crippen LogP contribution in [-0.4, -0.2) is 24.4 Å². The Morgan fingerprint density at radius 3 is 2.37 bits per heavy atom. The van der Waals surface area contributed by atoms with E-state index in [0.717, 1.165) is 9.27 Å². The van der Waals surface area contributed by atoms with Crippen molar-refractivity contribution in [1.82, 2.24) is 0 Å². The molecule has 19 heavy (non-hydrogen) atoms. The Balaban J connectivity index is 2.79. The highest BCUT2D eigenvalue weighted by molar-refractivity contribution is 14.1. The van der Waals surface area contributed by atoms with Gasteiger partial charge in [-0.15, -0.1) is 0 Å². The Labute approximate surface area is 126 Å². The number of hydrogen-bond acceptors (Lipinski definition) is 4. The lowest BCUT2D eigenvalue weighted by Crippen LogP contribution is -2.27. The summed E-state index contributed by atoms with van der Waals surface area (Å²) < 4.78 is 5.62. The van der Waals surface area contributed by atoms with Crippen LogP contribution in [0.5, 0.6) is 0 Å². The minimum Gasteiger partial charge on any atom is -0.462 e. The number of Topliss-reactive ketones (excluding diaryl/α,β-unsaturated/α-hetero) is 1. The highest BCUT2D eigenvalue weighted by Crippen LogP contribution is 2.17. The predicted molar refractivity (Wildman–Crippen MR) is 83.7 cm³/mol. The fourth-order valence-corrected chi connectivity index (χ4v) is 2.08. The van der Waals surface area contributed by atoms with Crippen molar-refractivity contribution in [3.8, 4) is 0 Å². The average molecular weight is 373 g/mol. The topological polar surface area (TPSA) is 55.4 Å². The van der Waals surface area contributed by atoms with Gasteiger partial charge in [0.1, 0.15) is 6.04 Å². The third-order valence-electron chi connectivity index (χ3n) is 2.43. The maximum atomic E-state index is 11.5. The summed E-state index contributed by atoms with van der Waals surface area (Å²) in [6.45, 7) is 7.39. The SMILES string of the molecule is C=C(I)C(Nc1ccc(C(=O)OCC)cc1)C(C)=O. The van der Waals surface area contributed by atoms with Crippen LogP contribution < -0.4 is 5.32 Å². The normalized spacial score (nSPS) is 11.5. The minimum absolute atomic E-state index is 0.00568. The van der Waals surface area contributed by atoms with E-state index in [9.17, 15) is 9.59 Å². The minimum atomic E-state index is -0.422. The molecule has 0 radical (unpaired) electrons.